The molecule has 1 atom stereocenters. The van der Waals surface area contributed by atoms with E-state index in [1.165, 1.54) is 11.1 Å². The van der Waals surface area contributed by atoms with E-state index in [1.54, 1.807) is 6.20 Å². The molecule has 2 aromatic rings. The lowest BCUT2D eigenvalue weighted by Gasteiger charge is -2.17. The van der Waals surface area contributed by atoms with Gasteiger partial charge in [0.1, 0.15) is 5.82 Å². The number of halogens is 1. The van der Waals surface area contributed by atoms with Crippen molar-refractivity contribution in [1.82, 2.24) is 4.98 Å². The van der Waals surface area contributed by atoms with Crippen molar-refractivity contribution < 1.29 is 14.6 Å². The third-order valence-corrected chi connectivity index (χ3v) is 4.76. The zero-order valence-corrected chi connectivity index (χ0v) is 16.7. The van der Waals surface area contributed by atoms with Crippen molar-refractivity contribution in [3.8, 4) is 0 Å². The average molecular weight is 403 g/mol. The van der Waals surface area contributed by atoms with E-state index in [2.05, 4.69) is 28.5 Å². The Morgan fingerprint density at radius 3 is 2.82 bits per heavy atom. The van der Waals surface area contributed by atoms with Crippen LogP contribution in [0, 0.1) is 0 Å². The maximum absolute atomic E-state index is 11.3. The second-order valence-corrected chi connectivity index (χ2v) is 6.81. The minimum atomic E-state index is -0.752. The fraction of sp³-hybridized carbons (Fsp3) is 0.364. The summed E-state index contributed by atoms with van der Waals surface area (Å²) in [5.74, 6) is 0.137. The number of aliphatic carboxylic acids is 1. The average Bonchev–Trinajstić information content (AvgIpc) is 2.85. The highest BCUT2D eigenvalue weighted by Gasteiger charge is 2.22. The molecule has 150 valence electrons. The highest BCUT2D eigenvalue weighted by molar-refractivity contribution is 5.85. The Bertz CT molecular complexity index is 780. The molecule has 0 radical (unpaired) electrons. The van der Waals surface area contributed by atoms with Crippen molar-refractivity contribution in [3.05, 3.63) is 71.4 Å². The molecule has 0 saturated carbocycles. The van der Waals surface area contributed by atoms with Crippen LogP contribution in [0.2, 0.25) is 0 Å². The van der Waals surface area contributed by atoms with Crippen LogP contribution in [0.15, 0.2) is 60.3 Å². The Balaban J connectivity index is 0.00000280. The molecule has 6 heteroatoms. The van der Waals surface area contributed by atoms with Gasteiger partial charge in [-0.25, -0.2) is 4.98 Å². The van der Waals surface area contributed by atoms with Crippen LogP contribution in [0.5, 0.6) is 0 Å². The summed E-state index contributed by atoms with van der Waals surface area (Å²) in [5.41, 5.74) is 3.57. The van der Waals surface area contributed by atoms with E-state index in [0.717, 1.165) is 37.2 Å². The van der Waals surface area contributed by atoms with Crippen molar-refractivity contribution >= 4 is 24.2 Å². The van der Waals surface area contributed by atoms with E-state index in [4.69, 9.17) is 4.74 Å². The number of ether oxygens (including phenoxy) is 1. The number of rotatable bonds is 9. The number of hydrogen-bond donors (Lipinski definition) is 2. The highest BCUT2D eigenvalue weighted by Crippen LogP contribution is 2.33. The number of nitrogens with zero attached hydrogens (tertiary/aromatic N) is 1. The normalized spacial score (nSPS) is 15.6. The minimum Gasteiger partial charge on any atom is -0.481 e. The van der Waals surface area contributed by atoms with Gasteiger partial charge in [0.25, 0.3) is 0 Å². The Morgan fingerprint density at radius 1 is 1.21 bits per heavy atom. The van der Waals surface area contributed by atoms with Gasteiger partial charge in [-0.1, -0.05) is 36.4 Å². The Kier molecular flexibility index (Phi) is 8.98. The molecular weight excluding hydrogens is 376 g/mol. The van der Waals surface area contributed by atoms with Crippen molar-refractivity contribution in [2.24, 2.45) is 0 Å². The van der Waals surface area contributed by atoms with Crippen LogP contribution in [-0.2, 0) is 16.0 Å². The number of carbonyl (C=O) groups is 1. The molecule has 1 aliphatic carbocycles. The predicted molar refractivity (Wildman–Crippen MR) is 113 cm³/mol. The lowest BCUT2D eigenvalue weighted by molar-refractivity contribution is -0.137. The molecule has 0 fully saturated rings. The van der Waals surface area contributed by atoms with E-state index >= 15 is 0 Å². The SMILES string of the molecule is Cl.O=C(O)CC1CC(COCCCNc2ccccn2)=CCc2ccccc21. The number of hydrogen-bond acceptors (Lipinski definition) is 4. The van der Waals surface area contributed by atoms with Gasteiger partial charge < -0.3 is 15.2 Å². The number of pyridine rings is 1. The van der Waals surface area contributed by atoms with Crippen LogP contribution >= 0.6 is 12.4 Å². The second-order valence-electron chi connectivity index (χ2n) is 6.81. The van der Waals surface area contributed by atoms with Crippen LogP contribution in [-0.4, -0.2) is 35.8 Å². The number of fused-ring (bicyclic) bond motifs is 1. The molecule has 1 aromatic heterocycles. The van der Waals surface area contributed by atoms with E-state index in [9.17, 15) is 9.90 Å². The number of allylic oxidation sites excluding steroid dienone is 1. The third kappa shape index (κ3) is 6.66. The Hall–Kier alpha value is -2.37. The summed E-state index contributed by atoms with van der Waals surface area (Å²) in [6, 6.07) is 13.9. The first-order valence-electron chi connectivity index (χ1n) is 9.42. The molecule has 2 N–H and O–H groups in total. The van der Waals surface area contributed by atoms with Crippen molar-refractivity contribution in [1.29, 1.82) is 0 Å². The summed E-state index contributed by atoms with van der Waals surface area (Å²) < 4.78 is 5.84. The Morgan fingerprint density at radius 2 is 2.04 bits per heavy atom. The Labute approximate surface area is 172 Å². The molecule has 0 saturated heterocycles. The lowest BCUT2D eigenvalue weighted by atomic mass is 9.88. The van der Waals surface area contributed by atoms with E-state index in [-0.39, 0.29) is 24.7 Å². The number of aromatic nitrogens is 1. The fourth-order valence-corrected chi connectivity index (χ4v) is 3.45. The molecule has 1 aromatic carbocycles. The first kappa shape index (κ1) is 21.9. The molecule has 5 nitrogen and oxygen atoms in total. The summed E-state index contributed by atoms with van der Waals surface area (Å²) in [6.07, 6.45) is 6.60. The van der Waals surface area contributed by atoms with Crippen LogP contribution in [0.3, 0.4) is 0 Å². The van der Waals surface area contributed by atoms with Crippen molar-refractivity contribution in [2.45, 2.75) is 31.6 Å². The summed E-state index contributed by atoms with van der Waals surface area (Å²) in [4.78, 5) is 15.5. The summed E-state index contributed by atoms with van der Waals surface area (Å²) in [6.45, 7) is 2.03. The van der Waals surface area contributed by atoms with Gasteiger partial charge >= 0.3 is 5.97 Å². The molecule has 0 aliphatic heterocycles. The third-order valence-electron chi connectivity index (χ3n) is 4.76. The van der Waals surface area contributed by atoms with Gasteiger partial charge in [-0.3, -0.25) is 4.79 Å². The molecule has 1 heterocycles. The number of anilines is 1. The van der Waals surface area contributed by atoms with Gasteiger partial charge in [0, 0.05) is 19.3 Å². The van der Waals surface area contributed by atoms with Gasteiger partial charge in [-0.05, 0) is 54.0 Å². The first-order valence-corrected chi connectivity index (χ1v) is 9.42. The van der Waals surface area contributed by atoms with Crippen LogP contribution in [0.25, 0.3) is 0 Å². The standard InChI is InChI=1S/C22H26N2O3.ClH/c25-22(26)15-19-14-17(9-10-18-6-1-2-7-20(18)19)16-27-13-5-12-24-21-8-3-4-11-23-21;/h1-4,6-9,11,19H,5,10,12-16H2,(H,23,24)(H,25,26);1H. The quantitative estimate of drug-likeness (QED) is 0.478. The zero-order chi connectivity index (χ0) is 18.9. The zero-order valence-electron chi connectivity index (χ0n) is 15.8. The van der Waals surface area contributed by atoms with E-state index in [1.807, 2.05) is 30.3 Å². The van der Waals surface area contributed by atoms with E-state index < -0.39 is 5.97 Å². The summed E-state index contributed by atoms with van der Waals surface area (Å²) >= 11 is 0. The number of carboxylic acids is 1. The molecule has 1 aliphatic rings. The molecule has 0 bridgehead atoms. The summed E-state index contributed by atoms with van der Waals surface area (Å²) in [7, 11) is 0. The fourth-order valence-electron chi connectivity index (χ4n) is 3.45. The van der Waals surface area contributed by atoms with Crippen LogP contribution < -0.4 is 5.32 Å². The monoisotopic (exact) mass is 402 g/mol. The van der Waals surface area contributed by atoms with Gasteiger partial charge in [-0.2, -0.15) is 0 Å². The highest BCUT2D eigenvalue weighted by atomic mass is 35.5. The molecule has 1 unspecified atom stereocenters. The number of nitrogens with one attached hydrogen (secondary N) is 1. The van der Waals surface area contributed by atoms with Gasteiger partial charge in [-0.15, -0.1) is 12.4 Å². The maximum atomic E-state index is 11.3. The smallest absolute Gasteiger partial charge is 0.303 e. The van der Waals surface area contributed by atoms with Gasteiger partial charge in [0.15, 0.2) is 0 Å². The first-order chi connectivity index (χ1) is 13.2. The maximum Gasteiger partial charge on any atom is 0.303 e. The molecule has 0 spiro atoms. The minimum absolute atomic E-state index is 0. The topological polar surface area (TPSA) is 71.5 Å². The second kappa shape index (κ2) is 11.5. The van der Waals surface area contributed by atoms with Gasteiger partial charge in [0.05, 0.1) is 13.0 Å². The number of carboxylic acid groups (broad SMARTS) is 1. The lowest BCUT2D eigenvalue weighted by Crippen LogP contribution is -2.11. The molecule has 3 rings (SSSR count). The predicted octanol–water partition coefficient (Wildman–Crippen LogP) is 4.45. The number of benzene rings is 1. The summed E-state index contributed by atoms with van der Waals surface area (Å²) in [5, 5.41) is 12.5. The molecule has 0 amide bonds. The van der Waals surface area contributed by atoms with Crippen LogP contribution in [0.4, 0.5) is 5.82 Å². The van der Waals surface area contributed by atoms with Crippen LogP contribution in [0.1, 0.15) is 36.3 Å². The molecular formula is C22H27ClN2O3. The van der Waals surface area contributed by atoms with Crippen molar-refractivity contribution in [2.75, 3.05) is 25.1 Å². The largest absolute Gasteiger partial charge is 0.481 e. The molecule has 28 heavy (non-hydrogen) atoms. The van der Waals surface area contributed by atoms with E-state index in [0.29, 0.717) is 13.2 Å². The van der Waals surface area contributed by atoms with Gasteiger partial charge in [0.2, 0.25) is 0 Å². The van der Waals surface area contributed by atoms with Crippen molar-refractivity contribution in [3.63, 3.8) is 0 Å².